The Morgan fingerprint density at radius 2 is 1.92 bits per heavy atom. The molecule has 0 aromatic heterocycles. The van der Waals surface area contributed by atoms with Crippen molar-refractivity contribution < 1.29 is 14.6 Å². The average Bonchev–Trinajstić information content (AvgIpc) is 3.34. The number of aliphatic hydroxyl groups is 1. The number of hydrogen-bond acceptors (Lipinski definition) is 3. The van der Waals surface area contributed by atoms with Crippen LogP contribution in [-0.4, -0.2) is 23.8 Å². The van der Waals surface area contributed by atoms with E-state index < -0.39 is 0 Å². The van der Waals surface area contributed by atoms with Gasteiger partial charge < -0.3 is 9.84 Å². The molecule has 2 saturated carbocycles. The fourth-order valence-electron chi connectivity index (χ4n) is 4.08. The predicted molar refractivity (Wildman–Crippen MR) is 94.7 cm³/mol. The van der Waals surface area contributed by atoms with Gasteiger partial charge in [-0.2, -0.15) is 0 Å². The largest absolute Gasteiger partial charge is 0.466 e. The highest BCUT2D eigenvalue weighted by molar-refractivity contribution is 5.75. The van der Waals surface area contributed by atoms with Gasteiger partial charge in [-0.25, -0.2) is 0 Å². The smallest absolute Gasteiger partial charge is 0.309 e. The summed E-state index contributed by atoms with van der Waals surface area (Å²) in [6.07, 6.45) is 8.46. The average molecular weight is 330 g/mol. The number of benzene rings is 1. The molecule has 0 spiro atoms. The summed E-state index contributed by atoms with van der Waals surface area (Å²) in [7, 11) is 0. The normalized spacial score (nSPS) is 29.2. The number of carbonyl (C=O) groups excluding carboxylic acids is 1. The van der Waals surface area contributed by atoms with Gasteiger partial charge >= 0.3 is 5.97 Å². The van der Waals surface area contributed by atoms with Crippen molar-refractivity contribution in [2.24, 2.45) is 17.8 Å². The molecule has 0 amide bonds. The molecule has 2 fully saturated rings. The van der Waals surface area contributed by atoms with Crippen LogP contribution in [0.1, 0.15) is 56.6 Å². The molecule has 3 rings (SSSR count). The lowest BCUT2D eigenvalue weighted by Crippen LogP contribution is -2.20. The second-order valence-electron chi connectivity index (χ2n) is 7.60. The molecule has 0 heterocycles. The molecule has 2 aliphatic rings. The van der Waals surface area contributed by atoms with Crippen molar-refractivity contribution in [2.75, 3.05) is 6.61 Å². The zero-order chi connectivity index (χ0) is 16.9. The first-order valence-electron chi connectivity index (χ1n) is 9.58. The minimum absolute atomic E-state index is 0.00693. The van der Waals surface area contributed by atoms with Crippen molar-refractivity contribution in [3.05, 3.63) is 35.4 Å². The minimum atomic E-state index is -0.0890. The third kappa shape index (κ3) is 4.83. The van der Waals surface area contributed by atoms with Crippen molar-refractivity contribution in [1.29, 1.82) is 0 Å². The monoisotopic (exact) mass is 330 g/mol. The Labute approximate surface area is 145 Å². The van der Waals surface area contributed by atoms with Gasteiger partial charge in [0.25, 0.3) is 0 Å². The molecule has 3 heteroatoms. The molecule has 3 nitrogen and oxygen atoms in total. The van der Waals surface area contributed by atoms with Gasteiger partial charge in [-0.3, -0.25) is 4.79 Å². The Kier molecular flexibility index (Phi) is 5.94. The molecule has 0 radical (unpaired) electrons. The molecule has 0 saturated heterocycles. The van der Waals surface area contributed by atoms with Crippen LogP contribution in [-0.2, 0) is 22.4 Å². The first-order chi connectivity index (χ1) is 11.7. The van der Waals surface area contributed by atoms with Crippen LogP contribution in [0.2, 0.25) is 0 Å². The molecular formula is C21H30O3. The van der Waals surface area contributed by atoms with Crippen molar-refractivity contribution in [1.82, 2.24) is 0 Å². The van der Waals surface area contributed by atoms with Crippen molar-refractivity contribution in [3.63, 3.8) is 0 Å². The van der Waals surface area contributed by atoms with E-state index in [1.54, 1.807) is 0 Å². The lowest BCUT2D eigenvalue weighted by molar-refractivity contribution is -0.145. The summed E-state index contributed by atoms with van der Waals surface area (Å²) in [5.41, 5.74) is 2.74. The summed E-state index contributed by atoms with van der Waals surface area (Å²) >= 11 is 0. The lowest BCUT2D eigenvalue weighted by Gasteiger charge is -2.25. The molecule has 1 N–H and O–H groups in total. The van der Waals surface area contributed by atoms with Crippen molar-refractivity contribution >= 4 is 5.97 Å². The summed E-state index contributed by atoms with van der Waals surface area (Å²) in [5.74, 6) is 1.30. The van der Waals surface area contributed by atoms with Crippen LogP contribution < -0.4 is 0 Å². The minimum Gasteiger partial charge on any atom is -0.466 e. The number of rotatable bonds is 7. The fourth-order valence-corrected chi connectivity index (χ4v) is 4.08. The summed E-state index contributed by atoms with van der Waals surface area (Å²) in [5, 5.41) is 9.79. The molecule has 1 aromatic rings. The first-order valence-corrected chi connectivity index (χ1v) is 9.58. The predicted octanol–water partition coefficient (Wildman–Crippen LogP) is 3.91. The Hall–Kier alpha value is -1.35. The number of hydrogen-bond donors (Lipinski definition) is 1. The highest BCUT2D eigenvalue weighted by Crippen LogP contribution is 2.42. The molecule has 1 unspecified atom stereocenters. The zero-order valence-corrected chi connectivity index (χ0v) is 14.7. The second-order valence-corrected chi connectivity index (χ2v) is 7.60. The molecule has 0 bridgehead atoms. The quantitative estimate of drug-likeness (QED) is 0.771. The Morgan fingerprint density at radius 1 is 1.17 bits per heavy atom. The van der Waals surface area contributed by atoms with E-state index in [2.05, 4.69) is 24.3 Å². The third-order valence-corrected chi connectivity index (χ3v) is 5.62. The first kappa shape index (κ1) is 17.5. The summed E-state index contributed by atoms with van der Waals surface area (Å²) in [6, 6.07) is 8.95. The standard InChI is InChI=1S/C21H30O3/c1-2-24-21(23)20-14-18(20)11-10-15-6-8-16(9-7-15)12-17-4-3-5-19(22)13-17/h6-9,17-20,22H,2-5,10-14H2,1H3/t17?,18-,19-,20-/m1/s1. The number of aryl methyl sites for hydroxylation is 1. The van der Waals surface area contributed by atoms with Gasteiger partial charge in [0, 0.05) is 0 Å². The van der Waals surface area contributed by atoms with E-state index in [9.17, 15) is 9.90 Å². The highest BCUT2D eigenvalue weighted by Gasteiger charge is 2.43. The Balaban J connectivity index is 1.41. The molecule has 4 atom stereocenters. The van der Waals surface area contributed by atoms with Crippen molar-refractivity contribution in [3.8, 4) is 0 Å². The Morgan fingerprint density at radius 3 is 2.62 bits per heavy atom. The maximum absolute atomic E-state index is 11.6. The summed E-state index contributed by atoms with van der Waals surface area (Å²) < 4.78 is 5.09. The van der Waals surface area contributed by atoms with Crippen LogP contribution in [0.25, 0.3) is 0 Å². The van der Waals surface area contributed by atoms with Gasteiger partial charge in [0.2, 0.25) is 0 Å². The number of ether oxygens (including phenoxy) is 1. The van der Waals surface area contributed by atoms with E-state index in [0.717, 1.165) is 44.9 Å². The second kappa shape index (κ2) is 8.15. The van der Waals surface area contributed by atoms with E-state index in [1.165, 1.54) is 17.5 Å². The topological polar surface area (TPSA) is 46.5 Å². The van der Waals surface area contributed by atoms with E-state index in [-0.39, 0.29) is 18.0 Å². The van der Waals surface area contributed by atoms with Crippen LogP contribution in [0.3, 0.4) is 0 Å². The van der Waals surface area contributed by atoms with Gasteiger partial charge in [-0.15, -0.1) is 0 Å². The van der Waals surface area contributed by atoms with E-state index in [0.29, 0.717) is 18.4 Å². The van der Waals surface area contributed by atoms with E-state index >= 15 is 0 Å². The fraction of sp³-hybridized carbons (Fsp3) is 0.667. The summed E-state index contributed by atoms with van der Waals surface area (Å²) in [4.78, 5) is 11.6. The van der Waals surface area contributed by atoms with E-state index in [1.807, 2.05) is 6.92 Å². The molecular weight excluding hydrogens is 300 g/mol. The molecule has 1 aromatic carbocycles. The van der Waals surface area contributed by atoms with Gasteiger partial charge in [-0.05, 0) is 74.8 Å². The zero-order valence-electron chi connectivity index (χ0n) is 14.7. The van der Waals surface area contributed by atoms with Crippen LogP contribution in [0.4, 0.5) is 0 Å². The summed E-state index contributed by atoms with van der Waals surface area (Å²) in [6.45, 7) is 2.35. The van der Waals surface area contributed by atoms with Crippen LogP contribution in [0.15, 0.2) is 24.3 Å². The van der Waals surface area contributed by atoms with Gasteiger partial charge in [0.1, 0.15) is 0 Å². The lowest BCUT2D eigenvalue weighted by atomic mass is 9.83. The van der Waals surface area contributed by atoms with Gasteiger partial charge in [0.15, 0.2) is 0 Å². The van der Waals surface area contributed by atoms with Gasteiger partial charge in [-0.1, -0.05) is 30.7 Å². The number of carbonyl (C=O) groups is 1. The maximum Gasteiger partial charge on any atom is 0.309 e. The van der Waals surface area contributed by atoms with E-state index in [4.69, 9.17) is 4.74 Å². The molecule has 2 aliphatic carbocycles. The van der Waals surface area contributed by atoms with Crippen LogP contribution in [0, 0.1) is 17.8 Å². The van der Waals surface area contributed by atoms with Crippen LogP contribution >= 0.6 is 0 Å². The molecule has 24 heavy (non-hydrogen) atoms. The third-order valence-electron chi connectivity index (χ3n) is 5.62. The van der Waals surface area contributed by atoms with Crippen LogP contribution in [0.5, 0.6) is 0 Å². The van der Waals surface area contributed by atoms with Crippen molar-refractivity contribution in [2.45, 2.75) is 64.4 Å². The Bertz CT molecular complexity index is 537. The molecule has 132 valence electrons. The maximum atomic E-state index is 11.6. The molecule has 0 aliphatic heterocycles. The van der Waals surface area contributed by atoms with Gasteiger partial charge in [0.05, 0.1) is 18.6 Å². The SMILES string of the molecule is CCOC(=O)[C@@H]1C[C@H]1CCc1ccc(CC2CCC[C@@H](O)C2)cc1. The highest BCUT2D eigenvalue weighted by atomic mass is 16.5. The number of esters is 1. The number of aliphatic hydroxyl groups excluding tert-OH is 1.